The van der Waals surface area contributed by atoms with Gasteiger partial charge < -0.3 is 5.32 Å². The Bertz CT molecular complexity index is 341. The first kappa shape index (κ1) is 11.1. The van der Waals surface area contributed by atoms with Gasteiger partial charge in [0.25, 0.3) is 0 Å². The smallest absolute Gasteiger partial charge is 0.0959 e. The normalized spacial score (nSPS) is 25.9. The van der Waals surface area contributed by atoms with Gasteiger partial charge >= 0.3 is 0 Å². The summed E-state index contributed by atoms with van der Waals surface area (Å²) < 4.78 is 0. The minimum atomic E-state index is 0.713. The Morgan fingerprint density at radius 1 is 1.38 bits per heavy atom. The first-order valence-corrected chi connectivity index (χ1v) is 8.20. The van der Waals surface area contributed by atoms with Crippen molar-refractivity contribution in [1.29, 1.82) is 0 Å². The number of nitrogens with zero attached hydrogens (tertiary/aromatic N) is 1. The Balaban J connectivity index is 1.49. The lowest BCUT2D eigenvalue weighted by molar-refractivity contribution is 0.504. The van der Waals surface area contributed by atoms with Crippen molar-refractivity contribution in [2.75, 3.05) is 11.5 Å². The fourth-order valence-corrected chi connectivity index (χ4v) is 4.17. The largest absolute Gasteiger partial charge is 0.308 e. The van der Waals surface area contributed by atoms with Gasteiger partial charge in [-0.1, -0.05) is 0 Å². The molecular formula is C12H18N2S2. The summed E-state index contributed by atoms with van der Waals surface area (Å²) >= 11 is 3.93. The van der Waals surface area contributed by atoms with E-state index in [-0.39, 0.29) is 0 Å². The van der Waals surface area contributed by atoms with E-state index in [0.29, 0.717) is 6.04 Å². The van der Waals surface area contributed by atoms with Crippen molar-refractivity contribution in [1.82, 2.24) is 10.3 Å². The summed E-state index contributed by atoms with van der Waals surface area (Å²) in [5.74, 6) is 3.43. The molecule has 1 saturated heterocycles. The number of nitrogens with one attached hydrogen (secondary N) is 1. The van der Waals surface area contributed by atoms with Gasteiger partial charge in [0.2, 0.25) is 0 Å². The zero-order chi connectivity index (χ0) is 10.8. The van der Waals surface area contributed by atoms with Gasteiger partial charge in [0.1, 0.15) is 0 Å². The number of rotatable bonds is 4. The molecule has 1 N–H and O–H groups in total. The Morgan fingerprint density at radius 2 is 2.31 bits per heavy atom. The molecule has 1 aliphatic carbocycles. The molecule has 2 fully saturated rings. The number of thiazole rings is 1. The molecule has 1 aromatic heterocycles. The molecule has 0 bridgehead atoms. The van der Waals surface area contributed by atoms with Crippen molar-refractivity contribution in [3.05, 3.63) is 16.1 Å². The first-order chi connectivity index (χ1) is 7.92. The minimum absolute atomic E-state index is 0.713. The number of aromatic nitrogens is 1. The fourth-order valence-electron chi connectivity index (χ4n) is 2.07. The molecule has 4 heteroatoms. The van der Waals surface area contributed by atoms with Crippen molar-refractivity contribution in [2.45, 2.75) is 44.2 Å². The maximum Gasteiger partial charge on any atom is 0.0959 e. The molecule has 1 unspecified atom stereocenters. The second kappa shape index (κ2) is 5.07. The molecule has 0 spiro atoms. The Hall–Kier alpha value is -0.0600. The molecule has 2 heterocycles. The number of hydrogen-bond donors (Lipinski definition) is 1. The van der Waals surface area contributed by atoms with Crippen molar-refractivity contribution >= 4 is 23.1 Å². The van der Waals surface area contributed by atoms with E-state index in [0.717, 1.165) is 12.5 Å². The molecule has 88 valence electrons. The molecule has 1 aromatic rings. The number of hydrogen-bond acceptors (Lipinski definition) is 4. The molecule has 2 aliphatic rings. The Morgan fingerprint density at radius 3 is 3.06 bits per heavy atom. The summed E-state index contributed by atoms with van der Waals surface area (Å²) in [4.78, 5) is 4.71. The summed E-state index contributed by atoms with van der Waals surface area (Å²) in [6.07, 6.45) is 5.43. The van der Waals surface area contributed by atoms with Crippen molar-refractivity contribution in [2.24, 2.45) is 0 Å². The molecule has 2 nitrogen and oxygen atoms in total. The highest BCUT2D eigenvalue weighted by molar-refractivity contribution is 7.99. The van der Waals surface area contributed by atoms with Crippen LogP contribution in [0.2, 0.25) is 0 Å². The highest BCUT2D eigenvalue weighted by Crippen LogP contribution is 2.41. The van der Waals surface area contributed by atoms with Crippen LogP contribution in [0.5, 0.6) is 0 Å². The van der Waals surface area contributed by atoms with E-state index in [2.05, 4.69) is 22.5 Å². The van der Waals surface area contributed by atoms with Gasteiger partial charge in [0.05, 0.1) is 10.7 Å². The lowest BCUT2D eigenvalue weighted by atomic mass is 10.2. The van der Waals surface area contributed by atoms with Crippen LogP contribution in [0, 0.1) is 0 Å². The van der Waals surface area contributed by atoms with Crippen LogP contribution in [0.15, 0.2) is 5.38 Å². The minimum Gasteiger partial charge on any atom is -0.308 e. The maximum absolute atomic E-state index is 4.71. The topological polar surface area (TPSA) is 24.9 Å². The van der Waals surface area contributed by atoms with Crippen LogP contribution in [0.3, 0.4) is 0 Å². The van der Waals surface area contributed by atoms with E-state index < -0.39 is 0 Å². The van der Waals surface area contributed by atoms with Gasteiger partial charge in [-0.15, -0.1) is 11.3 Å². The highest BCUT2D eigenvalue weighted by atomic mass is 32.2. The van der Waals surface area contributed by atoms with Gasteiger partial charge in [0, 0.05) is 29.6 Å². The summed E-state index contributed by atoms with van der Waals surface area (Å²) in [6.45, 7) is 0.967. The first-order valence-electron chi connectivity index (χ1n) is 6.17. The Labute approximate surface area is 105 Å². The summed E-state index contributed by atoms with van der Waals surface area (Å²) in [5, 5.41) is 7.24. The fraction of sp³-hybridized carbons (Fsp3) is 0.750. The third-order valence-corrected chi connectivity index (χ3v) is 5.50. The van der Waals surface area contributed by atoms with Crippen molar-refractivity contribution in [3.8, 4) is 0 Å². The molecular weight excluding hydrogens is 236 g/mol. The molecule has 0 radical (unpaired) electrons. The van der Waals surface area contributed by atoms with E-state index in [1.807, 2.05) is 11.3 Å². The molecule has 1 atom stereocenters. The van der Waals surface area contributed by atoms with Crippen LogP contribution in [-0.4, -0.2) is 22.5 Å². The van der Waals surface area contributed by atoms with Crippen LogP contribution in [-0.2, 0) is 6.54 Å². The predicted octanol–water partition coefficient (Wildman–Crippen LogP) is 3.01. The highest BCUT2D eigenvalue weighted by Gasteiger charge is 2.26. The van der Waals surface area contributed by atoms with E-state index in [1.54, 1.807) is 0 Å². The van der Waals surface area contributed by atoms with E-state index >= 15 is 0 Å². The molecule has 0 aromatic carbocycles. The predicted molar refractivity (Wildman–Crippen MR) is 71.3 cm³/mol. The van der Waals surface area contributed by atoms with Gasteiger partial charge in [0.15, 0.2) is 0 Å². The molecule has 3 rings (SSSR count). The van der Waals surface area contributed by atoms with Crippen LogP contribution in [0.1, 0.15) is 42.3 Å². The standard InChI is InChI=1S/C12H18N2S2/c1-2-10(7-15-5-1)13-6-11-8-16-12(14-11)9-3-4-9/h8-10,13H,1-7H2. The van der Waals surface area contributed by atoms with Crippen LogP contribution < -0.4 is 5.32 Å². The zero-order valence-corrected chi connectivity index (χ0v) is 11.1. The van der Waals surface area contributed by atoms with Crippen LogP contribution >= 0.6 is 23.1 Å². The third kappa shape index (κ3) is 2.79. The van der Waals surface area contributed by atoms with Gasteiger partial charge in [-0.3, -0.25) is 0 Å². The Kier molecular flexibility index (Phi) is 3.50. The summed E-state index contributed by atoms with van der Waals surface area (Å²) in [5.41, 5.74) is 1.25. The third-order valence-electron chi connectivity index (χ3n) is 3.23. The van der Waals surface area contributed by atoms with E-state index in [1.165, 1.54) is 47.9 Å². The monoisotopic (exact) mass is 254 g/mol. The summed E-state index contributed by atoms with van der Waals surface area (Å²) in [7, 11) is 0. The molecule has 1 aliphatic heterocycles. The molecule has 0 amide bonds. The van der Waals surface area contributed by atoms with E-state index in [9.17, 15) is 0 Å². The average Bonchev–Trinajstić information content (AvgIpc) is 3.08. The van der Waals surface area contributed by atoms with Crippen molar-refractivity contribution < 1.29 is 0 Å². The quantitative estimate of drug-likeness (QED) is 0.894. The second-order valence-corrected chi connectivity index (χ2v) is 6.79. The SMILES string of the molecule is c1sc(C2CC2)nc1CNC1CCCSC1. The zero-order valence-electron chi connectivity index (χ0n) is 9.45. The van der Waals surface area contributed by atoms with Crippen molar-refractivity contribution in [3.63, 3.8) is 0 Å². The van der Waals surface area contributed by atoms with Gasteiger partial charge in [-0.25, -0.2) is 4.98 Å². The van der Waals surface area contributed by atoms with Crippen LogP contribution in [0.4, 0.5) is 0 Å². The van der Waals surface area contributed by atoms with Gasteiger partial charge in [-0.2, -0.15) is 11.8 Å². The molecule has 16 heavy (non-hydrogen) atoms. The lowest BCUT2D eigenvalue weighted by Crippen LogP contribution is -2.33. The number of thioether (sulfide) groups is 1. The molecule has 1 saturated carbocycles. The summed E-state index contributed by atoms with van der Waals surface area (Å²) in [6, 6.07) is 0.713. The average molecular weight is 254 g/mol. The lowest BCUT2D eigenvalue weighted by Gasteiger charge is -2.21. The van der Waals surface area contributed by atoms with Gasteiger partial charge in [-0.05, 0) is 31.4 Å². The van der Waals surface area contributed by atoms with Crippen LogP contribution in [0.25, 0.3) is 0 Å². The second-order valence-electron chi connectivity index (χ2n) is 4.75. The maximum atomic E-state index is 4.71. The van der Waals surface area contributed by atoms with E-state index in [4.69, 9.17) is 4.98 Å².